The number of sulfonamides is 1. The lowest BCUT2D eigenvalue weighted by atomic mass is 10.1. The van der Waals surface area contributed by atoms with Gasteiger partial charge in [-0.15, -0.1) is 0 Å². The molecule has 0 spiro atoms. The molecule has 0 unspecified atom stereocenters. The minimum Gasteiger partial charge on any atom is -0.258 e. The zero-order valence-corrected chi connectivity index (χ0v) is 14.5. The van der Waals surface area contributed by atoms with Crippen LogP contribution in [0, 0.1) is 10.1 Å². The van der Waals surface area contributed by atoms with Crippen molar-refractivity contribution in [2.75, 3.05) is 7.05 Å². The molecule has 24 heavy (non-hydrogen) atoms. The Morgan fingerprint density at radius 2 is 1.46 bits per heavy atom. The first-order chi connectivity index (χ1) is 11.3. The highest BCUT2D eigenvalue weighted by atomic mass is 32.2. The second-order valence-corrected chi connectivity index (χ2v) is 7.68. The molecule has 0 bridgehead atoms. The highest BCUT2D eigenvalue weighted by Gasteiger charge is 2.19. The lowest BCUT2D eigenvalue weighted by Gasteiger charge is -2.17. The first-order valence-corrected chi connectivity index (χ1v) is 9.18. The van der Waals surface area contributed by atoms with Crippen LogP contribution in [0.2, 0.25) is 0 Å². The summed E-state index contributed by atoms with van der Waals surface area (Å²) in [5, 5.41) is 10.6. The van der Waals surface area contributed by atoms with E-state index >= 15 is 0 Å². The molecule has 0 heterocycles. The van der Waals surface area contributed by atoms with E-state index in [1.54, 1.807) is 0 Å². The van der Waals surface area contributed by atoms with Crippen molar-refractivity contribution < 1.29 is 13.3 Å². The molecule has 0 fully saturated rings. The van der Waals surface area contributed by atoms with Crippen LogP contribution >= 0.6 is 0 Å². The first-order valence-electron chi connectivity index (χ1n) is 7.57. The molecule has 0 saturated carbocycles. The minimum atomic E-state index is -3.50. The maximum absolute atomic E-state index is 12.4. The summed E-state index contributed by atoms with van der Waals surface area (Å²) in [6, 6.07) is 13.4. The Morgan fingerprint density at radius 1 is 0.958 bits per heavy atom. The fourth-order valence-corrected chi connectivity index (χ4v) is 3.45. The Balaban J connectivity index is 2.06. The lowest BCUT2D eigenvalue weighted by Crippen LogP contribution is -2.27. The molecule has 2 aromatic carbocycles. The van der Waals surface area contributed by atoms with Gasteiger partial charge in [-0.3, -0.25) is 10.1 Å². The van der Waals surface area contributed by atoms with Crippen LogP contribution in [0.4, 0.5) is 5.69 Å². The number of hydrogen-bond acceptors (Lipinski definition) is 4. The average Bonchev–Trinajstić information content (AvgIpc) is 2.55. The largest absolute Gasteiger partial charge is 0.269 e. The molecule has 2 aromatic rings. The molecule has 0 aliphatic heterocycles. The molecule has 0 saturated heterocycles. The number of nitro groups is 1. The third-order valence-corrected chi connectivity index (χ3v) is 5.58. The maximum atomic E-state index is 12.4. The molecule has 0 N–H and O–H groups in total. The fraction of sp³-hybridized carbons (Fsp3) is 0.294. The Morgan fingerprint density at radius 3 is 1.96 bits per heavy atom. The van der Waals surface area contributed by atoms with Crippen LogP contribution in [-0.2, 0) is 28.7 Å². The van der Waals surface area contributed by atoms with Crippen LogP contribution in [0.25, 0.3) is 0 Å². The highest BCUT2D eigenvalue weighted by molar-refractivity contribution is 7.88. The fourth-order valence-electron chi connectivity index (χ4n) is 2.27. The Bertz CT molecular complexity index is 799. The number of aryl methyl sites for hydroxylation is 1. The topological polar surface area (TPSA) is 80.5 Å². The third kappa shape index (κ3) is 4.62. The van der Waals surface area contributed by atoms with E-state index in [-0.39, 0.29) is 11.4 Å². The number of non-ortho nitro benzene ring substituents is 1. The number of hydrogen-bond donors (Lipinski definition) is 0. The van der Waals surface area contributed by atoms with Crippen molar-refractivity contribution in [3.63, 3.8) is 0 Å². The highest BCUT2D eigenvalue weighted by Crippen LogP contribution is 2.17. The van der Waals surface area contributed by atoms with Gasteiger partial charge in [-0.2, -0.15) is 0 Å². The van der Waals surface area contributed by atoms with E-state index in [1.165, 1.54) is 41.2 Å². The van der Waals surface area contributed by atoms with E-state index in [2.05, 4.69) is 6.92 Å². The molecule has 0 radical (unpaired) electrons. The average molecular weight is 348 g/mol. The van der Waals surface area contributed by atoms with Crippen molar-refractivity contribution in [3.8, 4) is 0 Å². The lowest BCUT2D eigenvalue weighted by molar-refractivity contribution is -0.384. The molecular formula is C17H20N2O4S. The molecule has 0 amide bonds. The van der Waals surface area contributed by atoms with Crippen molar-refractivity contribution in [1.82, 2.24) is 4.31 Å². The van der Waals surface area contributed by atoms with Crippen molar-refractivity contribution in [1.29, 1.82) is 0 Å². The second kappa shape index (κ2) is 7.55. The Hall–Kier alpha value is -2.25. The Kier molecular flexibility index (Phi) is 5.69. The number of benzene rings is 2. The van der Waals surface area contributed by atoms with Gasteiger partial charge >= 0.3 is 0 Å². The van der Waals surface area contributed by atoms with Crippen LogP contribution < -0.4 is 0 Å². The monoisotopic (exact) mass is 348 g/mol. The molecule has 2 rings (SSSR count). The first kappa shape index (κ1) is 18.1. The molecule has 128 valence electrons. The van der Waals surface area contributed by atoms with Gasteiger partial charge in [0.15, 0.2) is 0 Å². The molecule has 7 heteroatoms. The SMILES string of the molecule is CCc1ccc(CN(C)S(=O)(=O)Cc2ccc([N+](=O)[O-])cc2)cc1. The summed E-state index contributed by atoms with van der Waals surface area (Å²) in [4.78, 5) is 10.1. The van der Waals surface area contributed by atoms with Gasteiger partial charge < -0.3 is 0 Å². The normalized spacial score (nSPS) is 11.6. The van der Waals surface area contributed by atoms with Gasteiger partial charge in [-0.05, 0) is 23.1 Å². The molecule has 0 atom stereocenters. The van der Waals surface area contributed by atoms with Crippen molar-refractivity contribution in [2.24, 2.45) is 0 Å². The van der Waals surface area contributed by atoms with Crippen molar-refractivity contribution in [2.45, 2.75) is 25.6 Å². The van der Waals surface area contributed by atoms with Gasteiger partial charge in [0.25, 0.3) is 5.69 Å². The van der Waals surface area contributed by atoms with E-state index in [9.17, 15) is 18.5 Å². The van der Waals surface area contributed by atoms with E-state index in [1.807, 2.05) is 24.3 Å². The molecule has 0 aromatic heterocycles. The quantitative estimate of drug-likeness (QED) is 0.569. The summed E-state index contributed by atoms with van der Waals surface area (Å²) >= 11 is 0. The predicted octanol–water partition coefficient (Wildman–Crippen LogP) is 3.12. The minimum absolute atomic E-state index is 0.0551. The van der Waals surface area contributed by atoms with Gasteiger partial charge in [0, 0.05) is 25.7 Å². The van der Waals surface area contributed by atoms with E-state index in [0.717, 1.165) is 12.0 Å². The smallest absolute Gasteiger partial charge is 0.258 e. The third-order valence-electron chi connectivity index (χ3n) is 3.81. The summed E-state index contributed by atoms with van der Waals surface area (Å²) in [7, 11) is -1.96. The van der Waals surface area contributed by atoms with Crippen molar-refractivity contribution in [3.05, 3.63) is 75.3 Å². The van der Waals surface area contributed by atoms with Crippen LogP contribution in [0.5, 0.6) is 0 Å². The van der Waals surface area contributed by atoms with Gasteiger partial charge in [-0.25, -0.2) is 12.7 Å². The molecule has 0 aliphatic carbocycles. The van der Waals surface area contributed by atoms with Gasteiger partial charge in [0.05, 0.1) is 10.7 Å². The molecule has 6 nitrogen and oxygen atoms in total. The summed E-state index contributed by atoms with van der Waals surface area (Å²) in [5.74, 6) is -0.186. The van der Waals surface area contributed by atoms with E-state index in [0.29, 0.717) is 12.1 Å². The number of nitrogens with zero attached hydrogens (tertiary/aromatic N) is 2. The Labute approximate surface area is 141 Å². The molecule has 0 aliphatic rings. The summed E-state index contributed by atoms with van der Waals surface area (Å²) in [6.07, 6.45) is 0.939. The summed E-state index contributed by atoms with van der Waals surface area (Å²) in [6.45, 7) is 2.36. The predicted molar refractivity (Wildman–Crippen MR) is 93.0 cm³/mol. The summed E-state index contributed by atoms with van der Waals surface area (Å²) in [5.41, 5.74) is 2.59. The zero-order chi connectivity index (χ0) is 17.7. The van der Waals surface area contributed by atoms with E-state index < -0.39 is 14.9 Å². The van der Waals surface area contributed by atoms with Crippen LogP contribution in [0.3, 0.4) is 0 Å². The molecular weight excluding hydrogens is 328 g/mol. The van der Waals surface area contributed by atoms with Crippen molar-refractivity contribution >= 4 is 15.7 Å². The number of nitro benzene ring substituents is 1. The second-order valence-electron chi connectivity index (χ2n) is 5.61. The maximum Gasteiger partial charge on any atom is 0.269 e. The van der Waals surface area contributed by atoms with Crippen LogP contribution in [-0.4, -0.2) is 24.7 Å². The van der Waals surface area contributed by atoms with E-state index in [4.69, 9.17) is 0 Å². The number of rotatable bonds is 7. The van der Waals surface area contributed by atoms with Gasteiger partial charge in [-0.1, -0.05) is 43.3 Å². The van der Waals surface area contributed by atoms with Gasteiger partial charge in [0.2, 0.25) is 10.0 Å². The summed E-state index contributed by atoms with van der Waals surface area (Å²) < 4.78 is 26.2. The van der Waals surface area contributed by atoms with Gasteiger partial charge in [0.1, 0.15) is 0 Å². The standard InChI is InChI=1S/C17H20N2O4S/c1-3-14-4-6-15(7-5-14)12-18(2)24(22,23)13-16-8-10-17(11-9-16)19(20)21/h4-11H,3,12-13H2,1-2H3. The zero-order valence-electron chi connectivity index (χ0n) is 13.7. The van der Waals surface area contributed by atoms with Crippen LogP contribution in [0.15, 0.2) is 48.5 Å². The van der Waals surface area contributed by atoms with Crippen LogP contribution in [0.1, 0.15) is 23.6 Å².